The topological polar surface area (TPSA) is 0 Å². The first-order valence-electron chi connectivity index (χ1n) is 3.47. The van der Waals surface area contributed by atoms with E-state index in [0.29, 0.717) is 0 Å². The summed E-state index contributed by atoms with van der Waals surface area (Å²) in [6.07, 6.45) is 2.45. The maximum Gasteiger partial charge on any atom is 0.187 e. The Kier molecular flexibility index (Phi) is 5.39. The van der Waals surface area contributed by atoms with Gasteiger partial charge in [-0.3, -0.25) is 0 Å². The Morgan fingerprint density at radius 2 is 1.70 bits per heavy atom. The van der Waals surface area contributed by atoms with Crippen LogP contribution in [-0.4, -0.2) is 17.4 Å². The fraction of sp³-hybridized carbons (Fsp3) is 0.333. The summed E-state index contributed by atoms with van der Waals surface area (Å²) in [5.41, 5.74) is 1.44. The van der Waals surface area contributed by atoms with Crippen molar-refractivity contribution in [3.63, 3.8) is 0 Å². The lowest BCUT2D eigenvalue weighted by molar-refractivity contribution is 0.922. The zero-order valence-corrected chi connectivity index (χ0v) is 5.80. The predicted molar refractivity (Wildman–Crippen MR) is 50.4 cm³/mol. The van der Waals surface area contributed by atoms with Crippen molar-refractivity contribution < 1.29 is 0 Å². The van der Waals surface area contributed by atoms with E-state index in [0.717, 1.165) is 0 Å². The van der Waals surface area contributed by atoms with E-state index in [-0.39, 0.29) is 17.4 Å². The molecule has 1 aromatic rings. The molecule has 0 fully saturated rings. The van der Waals surface area contributed by atoms with Crippen LogP contribution in [-0.2, 0) is 6.42 Å². The van der Waals surface area contributed by atoms with E-state index in [9.17, 15) is 0 Å². The lowest BCUT2D eigenvalue weighted by atomic mass is 10.1. The van der Waals surface area contributed by atoms with E-state index in [1.54, 1.807) is 0 Å². The van der Waals surface area contributed by atoms with E-state index >= 15 is 0 Å². The maximum atomic E-state index is 2.20. The number of benzene rings is 1. The van der Waals surface area contributed by atoms with Crippen LogP contribution in [0, 0.1) is 0 Å². The average Bonchev–Trinajstić information content (AvgIpc) is 1.91. The van der Waals surface area contributed by atoms with Gasteiger partial charge in [-0.1, -0.05) is 43.7 Å². The van der Waals surface area contributed by atoms with Crippen LogP contribution in [0.1, 0.15) is 18.9 Å². The highest BCUT2D eigenvalue weighted by atomic mass is 27.0. The van der Waals surface area contributed by atoms with Crippen molar-refractivity contribution in [2.24, 2.45) is 0 Å². The molecule has 0 spiro atoms. The first kappa shape index (κ1) is 9.75. The summed E-state index contributed by atoms with van der Waals surface area (Å²) >= 11 is 0. The van der Waals surface area contributed by atoms with Gasteiger partial charge in [-0.05, 0) is 12.0 Å². The highest BCUT2D eigenvalue weighted by molar-refractivity contribution is 5.75. The van der Waals surface area contributed by atoms with Gasteiger partial charge in [-0.15, -0.1) is 0 Å². The van der Waals surface area contributed by atoms with Crippen LogP contribution < -0.4 is 0 Å². The Labute approximate surface area is 73.4 Å². The Morgan fingerprint density at radius 3 is 2.20 bits per heavy atom. The van der Waals surface area contributed by atoms with Gasteiger partial charge in [0, 0.05) is 0 Å². The van der Waals surface area contributed by atoms with Gasteiger partial charge in [-0.2, -0.15) is 0 Å². The third-order valence-corrected chi connectivity index (χ3v) is 1.38. The van der Waals surface area contributed by atoms with Crippen LogP contribution >= 0.6 is 0 Å². The monoisotopic (exact) mass is 150 g/mol. The van der Waals surface area contributed by atoms with E-state index in [1.165, 1.54) is 18.4 Å². The summed E-state index contributed by atoms with van der Waals surface area (Å²) in [5.74, 6) is 0. The summed E-state index contributed by atoms with van der Waals surface area (Å²) in [6.45, 7) is 2.20. The molecular formula is C9H15Al. The molecule has 0 radical (unpaired) electrons. The van der Waals surface area contributed by atoms with E-state index in [1.807, 2.05) is 0 Å². The van der Waals surface area contributed by atoms with Crippen molar-refractivity contribution >= 4 is 17.4 Å². The molecular weight excluding hydrogens is 135 g/mol. The number of hydrogen-bond acceptors (Lipinski definition) is 0. The van der Waals surface area contributed by atoms with Crippen LogP contribution in [0.25, 0.3) is 0 Å². The molecule has 0 nitrogen and oxygen atoms in total. The fourth-order valence-corrected chi connectivity index (χ4v) is 0.933. The predicted octanol–water partition coefficient (Wildman–Crippen LogP) is 1.46. The molecule has 0 saturated heterocycles. The molecule has 0 unspecified atom stereocenters. The van der Waals surface area contributed by atoms with Crippen LogP contribution in [0.5, 0.6) is 0 Å². The van der Waals surface area contributed by atoms with Crippen molar-refractivity contribution in [1.82, 2.24) is 0 Å². The molecule has 1 rings (SSSR count). The van der Waals surface area contributed by atoms with Gasteiger partial charge in [0.15, 0.2) is 17.4 Å². The SMILES string of the molecule is CCCc1ccccc1.[AlH3]. The van der Waals surface area contributed by atoms with Crippen LogP contribution in [0.4, 0.5) is 0 Å². The number of hydrogen-bond donors (Lipinski definition) is 0. The summed E-state index contributed by atoms with van der Waals surface area (Å²) in [5, 5.41) is 0. The number of rotatable bonds is 2. The first-order valence-corrected chi connectivity index (χ1v) is 3.47. The summed E-state index contributed by atoms with van der Waals surface area (Å²) < 4.78 is 0. The molecule has 10 heavy (non-hydrogen) atoms. The molecule has 1 heteroatoms. The van der Waals surface area contributed by atoms with Crippen LogP contribution in [0.3, 0.4) is 0 Å². The minimum atomic E-state index is 0. The fourth-order valence-electron chi connectivity index (χ4n) is 0.933. The lowest BCUT2D eigenvalue weighted by Crippen LogP contribution is -1.78. The highest BCUT2D eigenvalue weighted by Crippen LogP contribution is 2.00. The standard InChI is InChI=1S/C9H12.Al.3H/c1-2-6-9-7-4-3-5-8-9;;;;/h3-5,7-8H,2,6H2,1H3;;;;. The molecule has 0 saturated carbocycles. The molecule has 0 aliphatic heterocycles. The van der Waals surface area contributed by atoms with Gasteiger partial charge in [0.2, 0.25) is 0 Å². The molecule has 0 atom stereocenters. The van der Waals surface area contributed by atoms with Crippen molar-refractivity contribution in [1.29, 1.82) is 0 Å². The summed E-state index contributed by atoms with van der Waals surface area (Å²) in [6, 6.07) is 10.6. The second-order valence-corrected chi connectivity index (χ2v) is 2.24. The van der Waals surface area contributed by atoms with Gasteiger partial charge in [0.1, 0.15) is 0 Å². The third-order valence-electron chi connectivity index (χ3n) is 1.38. The average molecular weight is 150 g/mol. The number of aryl methyl sites for hydroxylation is 1. The molecule has 0 N–H and O–H groups in total. The maximum absolute atomic E-state index is 2.20. The van der Waals surface area contributed by atoms with E-state index < -0.39 is 0 Å². The highest BCUT2D eigenvalue weighted by Gasteiger charge is 1.84. The molecule has 0 aromatic heterocycles. The summed E-state index contributed by atoms with van der Waals surface area (Å²) in [4.78, 5) is 0. The van der Waals surface area contributed by atoms with Gasteiger partial charge >= 0.3 is 0 Å². The molecule has 0 aliphatic rings. The first-order chi connectivity index (χ1) is 4.43. The van der Waals surface area contributed by atoms with E-state index in [4.69, 9.17) is 0 Å². The van der Waals surface area contributed by atoms with Crippen LogP contribution in [0.2, 0.25) is 0 Å². The second kappa shape index (κ2) is 5.53. The Hall–Kier alpha value is -0.248. The van der Waals surface area contributed by atoms with Crippen LogP contribution in [0.15, 0.2) is 30.3 Å². The molecule has 0 amide bonds. The molecule has 1 aromatic carbocycles. The zero-order chi connectivity index (χ0) is 6.53. The van der Waals surface area contributed by atoms with Crippen molar-refractivity contribution in [3.05, 3.63) is 35.9 Å². The van der Waals surface area contributed by atoms with Crippen molar-refractivity contribution in [3.8, 4) is 0 Å². The normalized spacial score (nSPS) is 8.50. The minimum Gasteiger partial charge on any atom is -0.0651 e. The van der Waals surface area contributed by atoms with Gasteiger partial charge in [-0.25, -0.2) is 0 Å². The smallest absolute Gasteiger partial charge is 0.0651 e. The Bertz CT molecular complexity index is 158. The van der Waals surface area contributed by atoms with E-state index in [2.05, 4.69) is 37.3 Å². The minimum absolute atomic E-state index is 0. The quantitative estimate of drug-likeness (QED) is 0.560. The summed E-state index contributed by atoms with van der Waals surface area (Å²) in [7, 11) is 0. The van der Waals surface area contributed by atoms with Crippen molar-refractivity contribution in [2.75, 3.05) is 0 Å². The molecule has 54 valence electrons. The van der Waals surface area contributed by atoms with Gasteiger partial charge in [0.05, 0.1) is 0 Å². The van der Waals surface area contributed by atoms with Crippen molar-refractivity contribution in [2.45, 2.75) is 19.8 Å². The zero-order valence-electron chi connectivity index (χ0n) is 5.80. The molecule has 0 heterocycles. The third kappa shape index (κ3) is 3.06. The molecule has 0 bridgehead atoms. The lowest BCUT2D eigenvalue weighted by Gasteiger charge is -1.93. The largest absolute Gasteiger partial charge is 0.187 e. The second-order valence-electron chi connectivity index (χ2n) is 2.24. The van der Waals surface area contributed by atoms with Gasteiger partial charge < -0.3 is 0 Å². The molecule has 0 aliphatic carbocycles. The Balaban J connectivity index is 0.000000810. The van der Waals surface area contributed by atoms with Gasteiger partial charge in [0.25, 0.3) is 0 Å². The Morgan fingerprint density at radius 1 is 1.10 bits per heavy atom.